The van der Waals surface area contributed by atoms with Crippen LogP contribution in [0.25, 0.3) is 0 Å². The molecule has 7 nitrogen and oxygen atoms in total. The van der Waals surface area contributed by atoms with Gasteiger partial charge in [-0.15, -0.1) is 0 Å². The summed E-state index contributed by atoms with van der Waals surface area (Å²) < 4.78 is 5.01. The molecular weight excluding hydrogens is 298 g/mol. The van der Waals surface area contributed by atoms with E-state index in [1.807, 2.05) is 0 Å². The number of nitrogens with zero attached hydrogens (tertiary/aromatic N) is 1. The highest BCUT2D eigenvalue weighted by molar-refractivity contribution is 5.93. The number of carbonyl (C=O) groups excluding carboxylic acids is 1. The molecule has 120 valence electrons. The SMILES string of the molecule is COc1ccc(CNC(=O)c2cc(C3CC3)[nH]n2)cc1C(=O)O. The first-order chi connectivity index (χ1) is 11.1. The van der Waals surface area contributed by atoms with Crippen molar-refractivity contribution in [1.29, 1.82) is 0 Å². The Balaban J connectivity index is 1.66. The van der Waals surface area contributed by atoms with Gasteiger partial charge >= 0.3 is 5.97 Å². The van der Waals surface area contributed by atoms with Crippen molar-refractivity contribution in [1.82, 2.24) is 15.5 Å². The van der Waals surface area contributed by atoms with Crippen molar-refractivity contribution in [3.8, 4) is 5.75 Å². The molecule has 0 aliphatic heterocycles. The van der Waals surface area contributed by atoms with Crippen LogP contribution in [0.15, 0.2) is 24.3 Å². The molecule has 1 fully saturated rings. The number of H-pyrrole nitrogens is 1. The van der Waals surface area contributed by atoms with Gasteiger partial charge in [-0.1, -0.05) is 6.07 Å². The first-order valence-electron chi connectivity index (χ1n) is 7.32. The molecule has 1 aliphatic carbocycles. The first kappa shape index (κ1) is 15.1. The number of ether oxygens (including phenoxy) is 1. The van der Waals surface area contributed by atoms with Gasteiger partial charge in [-0.2, -0.15) is 5.10 Å². The Kier molecular flexibility index (Phi) is 4.01. The van der Waals surface area contributed by atoms with E-state index in [0.29, 0.717) is 17.2 Å². The van der Waals surface area contributed by atoms with Crippen LogP contribution < -0.4 is 10.1 Å². The van der Waals surface area contributed by atoms with Gasteiger partial charge in [0.1, 0.15) is 17.0 Å². The van der Waals surface area contributed by atoms with E-state index in [9.17, 15) is 9.59 Å². The van der Waals surface area contributed by atoms with Crippen molar-refractivity contribution in [3.05, 3.63) is 46.8 Å². The van der Waals surface area contributed by atoms with Gasteiger partial charge in [-0.05, 0) is 36.6 Å². The molecule has 2 aromatic rings. The summed E-state index contributed by atoms with van der Waals surface area (Å²) in [5, 5.41) is 18.8. The number of amides is 1. The quantitative estimate of drug-likeness (QED) is 0.755. The average Bonchev–Trinajstić information content (AvgIpc) is 3.29. The van der Waals surface area contributed by atoms with Crippen LogP contribution in [0.4, 0.5) is 0 Å². The number of aromatic amines is 1. The second-order valence-corrected chi connectivity index (χ2v) is 5.51. The van der Waals surface area contributed by atoms with E-state index in [2.05, 4.69) is 15.5 Å². The third-order valence-electron chi connectivity index (χ3n) is 3.79. The normalized spacial score (nSPS) is 13.6. The molecule has 0 atom stereocenters. The number of hydrogen-bond acceptors (Lipinski definition) is 4. The Hall–Kier alpha value is -2.83. The topological polar surface area (TPSA) is 104 Å². The molecule has 0 unspecified atom stereocenters. The molecule has 1 heterocycles. The average molecular weight is 315 g/mol. The van der Waals surface area contributed by atoms with Crippen LogP contribution in [0.1, 0.15) is 50.9 Å². The van der Waals surface area contributed by atoms with Crippen molar-refractivity contribution in [2.45, 2.75) is 25.3 Å². The Labute approximate surface area is 132 Å². The Morgan fingerprint density at radius 1 is 1.39 bits per heavy atom. The van der Waals surface area contributed by atoms with Crippen LogP contribution >= 0.6 is 0 Å². The second kappa shape index (κ2) is 6.12. The minimum absolute atomic E-state index is 0.0649. The number of methoxy groups -OCH3 is 1. The highest BCUT2D eigenvalue weighted by Crippen LogP contribution is 2.38. The summed E-state index contributed by atoms with van der Waals surface area (Å²) in [5.41, 5.74) is 2.08. The van der Waals surface area contributed by atoms with Crippen molar-refractivity contribution in [2.75, 3.05) is 7.11 Å². The molecule has 1 aromatic carbocycles. The summed E-state index contributed by atoms with van der Waals surface area (Å²) in [5.74, 6) is -0.574. The Morgan fingerprint density at radius 2 is 2.17 bits per heavy atom. The maximum absolute atomic E-state index is 12.1. The molecule has 7 heteroatoms. The van der Waals surface area contributed by atoms with E-state index in [-0.39, 0.29) is 23.8 Å². The molecule has 23 heavy (non-hydrogen) atoms. The predicted molar refractivity (Wildman–Crippen MR) is 81.7 cm³/mol. The van der Waals surface area contributed by atoms with Crippen LogP contribution in [-0.2, 0) is 6.54 Å². The van der Waals surface area contributed by atoms with E-state index in [0.717, 1.165) is 18.5 Å². The number of rotatable bonds is 6. The molecule has 1 aliphatic rings. The summed E-state index contributed by atoms with van der Waals surface area (Å²) in [6.45, 7) is 0.217. The molecular formula is C16H17N3O4. The van der Waals surface area contributed by atoms with Crippen LogP contribution in [-0.4, -0.2) is 34.3 Å². The summed E-state index contributed by atoms with van der Waals surface area (Å²) in [6, 6.07) is 6.54. The molecule has 0 bridgehead atoms. The van der Waals surface area contributed by atoms with Crippen molar-refractivity contribution >= 4 is 11.9 Å². The number of carboxylic acid groups (broad SMARTS) is 1. The van der Waals surface area contributed by atoms with Crippen LogP contribution in [0.5, 0.6) is 5.75 Å². The van der Waals surface area contributed by atoms with Crippen LogP contribution in [0.3, 0.4) is 0 Å². The van der Waals surface area contributed by atoms with Gasteiger partial charge in [0.05, 0.1) is 7.11 Å². The van der Waals surface area contributed by atoms with Crippen molar-refractivity contribution in [3.63, 3.8) is 0 Å². The lowest BCUT2D eigenvalue weighted by Crippen LogP contribution is -2.23. The highest BCUT2D eigenvalue weighted by Gasteiger charge is 2.26. The van der Waals surface area contributed by atoms with Crippen molar-refractivity contribution < 1.29 is 19.4 Å². The molecule has 3 rings (SSSR count). The van der Waals surface area contributed by atoms with E-state index >= 15 is 0 Å². The van der Waals surface area contributed by atoms with Gasteiger partial charge in [0.15, 0.2) is 0 Å². The summed E-state index contributed by atoms with van der Waals surface area (Å²) in [4.78, 5) is 23.3. The van der Waals surface area contributed by atoms with Gasteiger partial charge in [-0.25, -0.2) is 4.79 Å². The minimum Gasteiger partial charge on any atom is -0.496 e. The van der Waals surface area contributed by atoms with E-state index in [1.165, 1.54) is 13.2 Å². The zero-order chi connectivity index (χ0) is 16.4. The van der Waals surface area contributed by atoms with E-state index in [4.69, 9.17) is 9.84 Å². The molecule has 0 saturated heterocycles. The van der Waals surface area contributed by atoms with E-state index < -0.39 is 5.97 Å². The number of benzene rings is 1. The van der Waals surface area contributed by atoms with Gasteiger partial charge in [0.2, 0.25) is 0 Å². The fourth-order valence-electron chi connectivity index (χ4n) is 2.36. The van der Waals surface area contributed by atoms with Gasteiger partial charge in [-0.3, -0.25) is 9.89 Å². The van der Waals surface area contributed by atoms with Gasteiger partial charge < -0.3 is 15.2 Å². The van der Waals surface area contributed by atoms with Gasteiger partial charge in [0, 0.05) is 18.2 Å². The Bertz CT molecular complexity index is 750. The van der Waals surface area contributed by atoms with Crippen LogP contribution in [0.2, 0.25) is 0 Å². The summed E-state index contributed by atoms with van der Waals surface area (Å²) in [7, 11) is 1.41. The zero-order valence-corrected chi connectivity index (χ0v) is 12.6. The fraction of sp³-hybridized carbons (Fsp3) is 0.312. The fourth-order valence-corrected chi connectivity index (χ4v) is 2.36. The maximum atomic E-state index is 12.1. The van der Waals surface area contributed by atoms with Gasteiger partial charge in [0.25, 0.3) is 5.91 Å². The maximum Gasteiger partial charge on any atom is 0.339 e. The summed E-state index contributed by atoms with van der Waals surface area (Å²) in [6.07, 6.45) is 2.26. The smallest absolute Gasteiger partial charge is 0.339 e. The molecule has 1 saturated carbocycles. The third kappa shape index (κ3) is 3.33. The van der Waals surface area contributed by atoms with Crippen LogP contribution in [0, 0.1) is 0 Å². The number of nitrogens with one attached hydrogen (secondary N) is 2. The highest BCUT2D eigenvalue weighted by atomic mass is 16.5. The van der Waals surface area contributed by atoms with Crippen molar-refractivity contribution in [2.24, 2.45) is 0 Å². The second-order valence-electron chi connectivity index (χ2n) is 5.51. The molecule has 3 N–H and O–H groups in total. The number of carbonyl (C=O) groups is 2. The number of aromatic nitrogens is 2. The lowest BCUT2D eigenvalue weighted by molar-refractivity contribution is 0.0693. The number of carboxylic acids is 1. The predicted octanol–water partition coefficient (Wildman–Crippen LogP) is 1.92. The summed E-state index contributed by atoms with van der Waals surface area (Å²) >= 11 is 0. The molecule has 0 radical (unpaired) electrons. The molecule has 0 spiro atoms. The molecule has 1 amide bonds. The number of hydrogen-bond donors (Lipinski definition) is 3. The zero-order valence-electron chi connectivity index (χ0n) is 12.6. The lowest BCUT2D eigenvalue weighted by atomic mass is 10.1. The standard InChI is InChI=1S/C16H17N3O4/c1-23-14-5-2-9(6-11(14)16(21)22)8-17-15(20)13-7-12(18-19-13)10-3-4-10/h2,5-7,10H,3-4,8H2,1H3,(H,17,20)(H,18,19)(H,21,22). The minimum atomic E-state index is -1.07. The molecule has 1 aromatic heterocycles. The monoisotopic (exact) mass is 315 g/mol. The number of aromatic carboxylic acids is 1. The largest absolute Gasteiger partial charge is 0.496 e. The lowest BCUT2D eigenvalue weighted by Gasteiger charge is -2.08. The van der Waals surface area contributed by atoms with E-state index in [1.54, 1.807) is 18.2 Å². The Morgan fingerprint density at radius 3 is 2.83 bits per heavy atom. The third-order valence-corrected chi connectivity index (χ3v) is 3.79. The first-order valence-corrected chi connectivity index (χ1v) is 7.32.